The number of ether oxygens (including phenoxy) is 1. The lowest BCUT2D eigenvalue weighted by Crippen LogP contribution is -2.35. The molecule has 1 saturated heterocycles. The Labute approximate surface area is 228 Å². The van der Waals surface area contributed by atoms with Gasteiger partial charge in [-0.1, -0.05) is 42.5 Å². The predicted octanol–water partition coefficient (Wildman–Crippen LogP) is 4.62. The Balaban J connectivity index is 0.000000386. The van der Waals surface area contributed by atoms with Gasteiger partial charge in [-0.15, -0.1) is 0 Å². The van der Waals surface area contributed by atoms with Gasteiger partial charge in [-0.05, 0) is 62.0 Å². The Morgan fingerprint density at radius 2 is 1.82 bits per heavy atom. The first-order chi connectivity index (χ1) is 19.0. The van der Waals surface area contributed by atoms with Crippen LogP contribution in [0, 0.1) is 5.92 Å². The number of likely N-dealkylation sites (tertiary alicyclic amines) is 1. The van der Waals surface area contributed by atoms with Gasteiger partial charge < -0.3 is 14.7 Å². The fraction of sp³-hybridized carbons (Fsp3) is 0.367. The Kier molecular flexibility index (Phi) is 10.0. The first-order valence-corrected chi connectivity index (χ1v) is 13.2. The third-order valence-electron chi connectivity index (χ3n) is 7.16. The SMILES string of the molecule is COc1c2c(nc3ccccc13)CN(CCC1CCN(Cc3ccccc3)CC1)C2=O.O=C(O)/C=C/COO. The highest BCUT2D eigenvalue weighted by Gasteiger charge is 2.33. The van der Waals surface area contributed by atoms with Crippen LogP contribution < -0.4 is 4.74 Å². The van der Waals surface area contributed by atoms with E-state index in [1.807, 2.05) is 29.2 Å². The second-order valence-corrected chi connectivity index (χ2v) is 9.74. The normalized spacial score (nSPS) is 15.8. The summed E-state index contributed by atoms with van der Waals surface area (Å²) in [4.78, 5) is 35.6. The highest BCUT2D eigenvalue weighted by molar-refractivity contribution is 6.05. The number of piperidine rings is 1. The number of para-hydroxylation sites is 1. The summed E-state index contributed by atoms with van der Waals surface area (Å²) in [6.07, 6.45) is 5.53. The lowest BCUT2D eigenvalue weighted by atomic mass is 9.93. The quantitative estimate of drug-likeness (QED) is 0.233. The largest absolute Gasteiger partial charge is 0.495 e. The minimum atomic E-state index is -1.05. The molecule has 2 aliphatic rings. The first kappa shape index (κ1) is 28.2. The average molecular weight is 534 g/mol. The molecule has 2 aromatic carbocycles. The van der Waals surface area contributed by atoms with Crippen LogP contribution in [0.2, 0.25) is 0 Å². The van der Waals surface area contributed by atoms with Crippen molar-refractivity contribution in [2.24, 2.45) is 5.92 Å². The molecular formula is C30H35N3O6. The molecular weight excluding hydrogens is 498 g/mol. The molecule has 1 amide bonds. The number of hydrogen-bond donors (Lipinski definition) is 2. The van der Waals surface area contributed by atoms with E-state index >= 15 is 0 Å². The summed E-state index contributed by atoms with van der Waals surface area (Å²) < 4.78 is 5.65. The number of carbonyl (C=O) groups excluding carboxylic acids is 1. The number of carboxylic acid groups (broad SMARTS) is 1. The molecule has 0 saturated carbocycles. The molecule has 0 spiro atoms. The number of hydrogen-bond acceptors (Lipinski definition) is 7. The fourth-order valence-corrected chi connectivity index (χ4v) is 5.17. The van der Waals surface area contributed by atoms with E-state index < -0.39 is 5.97 Å². The third-order valence-corrected chi connectivity index (χ3v) is 7.16. The third kappa shape index (κ3) is 7.41. The molecule has 5 rings (SSSR count). The maximum Gasteiger partial charge on any atom is 0.328 e. The van der Waals surface area contributed by atoms with E-state index in [1.165, 1.54) is 24.5 Å². The van der Waals surface area contributed by atoms with Crippen molar-refractivity contribution < 1.29 is 29.6 Å². The van der Waals surface area contributed by atoms with E-state index in [4.69, 9.17) is 20.1 Å². The van der Waals surface area contributed by atoms with Crippen LogP contribution in [0.25, 0.3) is 10.9 Å². The summed E-state index contributed by atoms with van der Waals surface area (Å²) in [7, 11) is 1.64. The summed E-state index contributed by atoms with van der Waals surface area (Å²) in [5.74, 6) is 0.355. The maximum absolute atomic E-state index is 13.1. The second-order valence-electron chi connectivity index (χ2n) is 9.74. The summed E-state index contributed by atoms with van der Waals surface area (Å²) in [5, 5.41) is 16.5. The van der Waals surface area contributed by atoms with E-state index in [-0.39, 0.29) is 12.5 Å². The molecule has 0 unspecified atom stereocenters. The molecule has 0 bridgehead atoms. The van der Waals surface area contributed by atoms with Gasteiger partial charge in [0.25, 0.3) is 5.91 Å². The number of benzene rings is 2. The Hall–Kier alpha value is -3.79. The van der Waals surface area contributed by atoms with Crippen molar-refractivity contribution >= 4 is 22.8 Å². The zero-order valence-electron chi connectivity index (χ0n) is 22.2. The van der Waals surface area contributed by atoms with Gasteiger partial charge in [0.15, 0.2) is 0 Å². The van der Waals surface area contributed by atoms with Gasteiger partial charge in [0, 0.05) is 24.6 Å². The number of rotatable bonds is 9. The lowest BCUT2D eigenvalue weighted by Gasteiger charge is -2.32. The van der Waals surface area contributed by atoms with Crippen LogP contribution in [0.15, 0.2) is 66.7 Å². The van der Waals surface area contributed by atoms with E-state index in [0.717, 1.165) is 55.3 Å². The Morgan fingerprint density at radius 3 is 2.51 bits per heavy atom. The number of aliphatic carboxylic acids is 1. The Morgan fingerprint density at radius 1 is 1.10 bits per heavy atom. The van der Waals surface area contributed by atoms with Crippen LogP contribution in [0.3, 0.4) is 0 Å². The fourth-order valence-electron chi connectivity index (χ4n) is 5.17. The number of methoxy groups -OCH3 is 1. The van der Waals surface area contributed by atoms with E-state index in [1.54, 1.807) is 7.11 Å². The van der Waals surface area contributed by atoms with Gasteiger partial charge in [-0.2, -0.15) is 0 Å². The van der Waals surface area contributed by atoms with E-state index in [2.05, 4.69) is 40.1 Å². The lowest BCUT2D eigenvalue weighted by molar-refractivity contribution is -0.231. The smallest absolute Gasteiger partial charge is 0.328 e. The molecule has 39 heavy (non-hydrogen) atoms. The molecule has 2 aliphatic heterocycles. The zero-order valence-corrected chi connectivity index (χ0v) is 22.2. The van der Waals surface area contributed by atoms with Gasteiger partial charge >= 0.3 is 5.97 Å². The first-order valence-electron chi connectivity index (χ1n) is 13.2. The van der Waals surface area contributed by atoms with E-state index in [9.17, 15) is 9.59 Å². The maximum atomic E-state index is 13.1. The van der Waals surface area contributed by atoms with Crippen LogP contribution in [0.4, 0.5) is 0 Å². The van der Waals surface area contributed by atoms with Crippen molar-refractivity contribution in [3.8, 4) is 5.75 Å². The molecule has 1 aromatic heterocycles. The minimum Gasteiger partial charge on any atom is -0.495 e. The molecule has 0 atom stereocenters. The zero-order chi connectivity index (χ0) is 27.6. The summed E-state index contributed by atoms with van der Waals surface area (Å²) in [5.41, 5.74) is 3.77. The molecule has 0 radical (unpaired) electrons. The Bertz CT molecular complexity index is 1290. The molecule has 3 aromatic rings. The molecule has 2 N–H and O–H groups in total. The number of carboxylic acids is 1. The average Bonchev–Trinajstić information content (AvgIpc) is 3.27. The summed E-state index contributed by atoms with van der Waals surface area (Å²) in [6.45, 7) is 4.59. The predicted molar refractivity (Wildman–Crippen MR) is 147 cm³/mol. The van der Waals surface area contributed by atoms with Crippen LogP contribution in [-0.4, -0.2) is 70.4 Å². The molecule has 206 valence electrons. The standard InChI is InChI=1S/C26H29N3O2.C4H6O4/c1-31-25-21-9-5-6-10-22(21)27-23-18-29(26(30)24(23)25)16-13-19-11-14-28(15-12-19)17-20-7-3-2-4-8-20;5-4(6)2-1-3-8-7/h2-10,19H,11-18H2,1H3;1-2,7H,3H2,(H,5,6)/b;2-1+. The van der Waals surface area contributed by atoms with Gasteiger partial charge in [0.1, 0.15) is 17.9 Å². The second kappa shape index (κ2) is 13.8. The van der Waals surface area contributed by atoms with Gasteiger partial charge in [-0.3, -0.25) is 15.0 Å². The molecule has 3 heterocycles. The van der Waals surface area contributed by atoms with Crippen LogP contribution in [-0.2, 0) is 22.8 Å². The van der Waals surface area contributed by atoms with Crippen LogP contribution in [0.1, 0.15) is 40.9 Å². The summed E-state index contributed by atoms with van der Waals surface area (Å²) >= 11 is 0. The summed E-state index contributed by atoms with van der Waals surface area (Å²) in [6, 6.07) is 18.6. The van der Waals surface area contributed by atoms with Crippen LogP contribution >= 0.6 is 0 Å². The van der Waals surface area contributed by atoms with Crippen molar-refractivity contribution in [2.45, 2.75) is 32.4 Å². The van der Waals surface area contributed by atoms with Crippen molar-refractivity contribution in [1.82, 2.24) is 14.8 Å². The molecule has 9 nitrogen and oxygen atoms in total. The molecule has 0 aliphatic carbocycles. The van der Waals surface area contributed by atoms with E-state index in [0.29, 0.717) is 23.8 Å². The topological polar surface area (TPSA) is 112 Å². The van der Waals surface area contributed by atoms with Gasteiger partial charge in [0.2, 0.25) is 0 Å². The van der Waals surface area contributed by atoms with Crippen molar-refractivity contribution in [2.75, 3.05) is 33.4 Å². The van der Waals surface area contributed by atoms with Crippen LogP contribution in [0.5, 0.6) is 5.75 Å². The number of nitrogens with zero attached hydrogens (tertiary/aromatic N) is 3. The number of pyridine rings is 1. The monoisotopic (exact) mass is 533 g/mol. The minimum absolute atomic E-state index is 0.0617. The highest BCUT2D eigenvalue weighted by Crippen LogP contribution is 2.36. The number of carbonyl (C=O) groups is 2. The van der Waals surface area contributed by atoms with Crippen molar-refractivity contribution in [3.05, 3.63) is 83.6 Å². The molecule has 9 heteroatoms. The van der Waals surface area contributed by atoms with Crippen molar-refractivity contribution in [1.29, 1.82) is 0 Å². The number of aromatic nitrogens is 1. The highest BCUT2D eigenvalue weighted by atomic mass is 17.1. The molecule has 1 fully saturated rings. The van der Waals surface area contributed by atoms with Crippen molar-refractivity contribution in [3.63, 3.8) is 0 Å². The number of fused-ring (bicyclic) bond motifs is 2. The number of amides is 1. The van der Waals surface area contributed by atoms with Gasteiger partial charge in [-0.25, -0.2) is 14.7 Å². The van der Waals surface area contributed by atoms with Gasteiger partial charge in [0.05, 0.1) is 24.9 Å².